The molecule has 23 heavy (non-hydrogen) atoms. The van der Waals surface area contributed by atoms with Gasteiger partial charge in [-0.05, 0) is 25.3 Å². The van der Waals surface area contributed by atoms with E-state index in [-0.39, 0.29) is 12.5 Å². The summed E-state index contributed by atoms with van der Waals surface area (Å²) in [6.45, 7) is 3.13. The second-order valence-electron chi connectivity index (χ2n) is 5.50. The zero-order chi connectivity index (χ0) is 16.7. The summed E-state index contributed by atoms with van der Waals surface area (Å²) in [5.41, 5.74) is 1.05. The van der Waals surface area contributed by atoms with Gasteiger partial charge < -0.3 is 9.64 Å². The van der Waals surface area contributed by atoms with E-state index in [1.165, 1.54) is 0 Å². The van der Waals surface area contributed by atoms with E-state index in [9.17, 15) is 9.59 Å². The smallest absolute Gasteiger partial charge is 0.314 e. The normalized spacial score (nSPS) is 23.6. The van der Waals surface area contributed by atoms with Crippen molar-refractivity contribution in [2.45, 2.75) is 31.7 Å². The van der Waals surface area contributed by atoms with Crippen LogP contribution in [0.4, 0.5) is 0 Å². The quantitative estimate of drug-likeness (QED) is 0.482. The van der Waals surface area contributed by atoms with E-state index in [1.807, 2.05) is 36.4 Å². The molecule has 1 aromatic carbocycles. The van der Waals surface area contributed by atoms with Crippen molar-refractivity contribution >= 4 is 23.5 Å². The van der Waals surface area contributed by atoms with E-state index in [4.69, 9.17) is 16.3 Å². The Morgan fingerprint density at radius 1 is 1.35 bits per heavy atom. The standard InChI is InChI=1S/C18H22ClNO3/c1-2-23-18(22)15-11-7-4-8-12-20(17(21)16(15)19)13-14-9-5-3-6-10-14/h3,5-7,9-11,15-16H,2,4,8,12-13H2,1H3/b11-7+/t15-,16-/m1/s1. The van der Waals surface area contributed by atoms with Gasteiger partial charge in [-0.15, -0.1) is 11.6 Å². The van der Waals surface area contributed by atoms with Crippen LogP contribution in [0.3, 0.4) is 0 Å². The molecule has 0 radical (unpaired) electrons. The summed E-state index contributed by atoms with van der Waals surface area (Å²) in [7, 11) is 0. The van der Waals surface area contributed by atoms with Gasteiger partial charge in [0.25, 0.3) is 0 Å². The number of benzene rings is 1. The number of carbonyl (C=O) groups excluding carboxylic acids is 2. The number of amides is 1. The average Bonchev–Trinajstić information content (AvgIpc) is 2.62. The third-order valence-electron chi connectivity index (χ3n) is 3.78. The van der Waals surface area contributed by atoms with Crippen molar-refractivity contribution in [1.82, 2.24) is 4.90 Å². The van der Waals surface area contributed by atoms with Crippen LogP contribution in [0, 0.1) is 5.92 Å². The Labute approximate surface area is 142 Å². The maximum Gasteiger partial charge on any atom is 0.314 e. The van der Waals surface area contributed by atoms with Crippen molar-refractivity contribution in [3.63, 3.8) is 0 Å². The SMILES string of the molecule is CCOC(=O)[C@@H]1/C=C/CCCN(Cc2ccccc2)C(=O)[C@@H]1Cl. The highest BCUT2D eigenvalue weighted by Gasteiger charge is 2.34. The van der Waals surface area contributed by atoms with Crippen LogP contribution >= 0.6 is 11.6 Å². The number of halogens is 1. The molecule has 1 aliphatic rings. The van der Waals surface area contributed by atoms with E-state index in [1.54, 1.807) is 17.9 Å². The maximum absolute atomic E-state index is 12.7. The summed E-state index contributed by atoms with van der Waals surface area (Å²) in [5, 5.41) is -0.938. The number of esters is 1. The molecular formula is C18H22ClNO3. The van der Waals surface area contributed by atoms with Crippen molar-refractivity contribution in [3.05, 3.63) is 48.0 Å². The fourth-order valence-electron chi connectivity index (χ4n) is 2.58. The lowest BCUT2D eigenvalue weighted by Gasteiger charge is -2.26. The minimum atomic E-state index is -0.938. The van der Waals surface area contributed by atoms with Gasteiger partial charge in [0.1, 0.15) is 11.3 Å². The molecule has 0 spiro atoms. The molecule has 0 saturated heterocycles. The minimum Gasteiger partial charge on any atom is -0.465 e. The zero-order valence-corrected chi connectivity index (χ0v) is 14.0. The van der Waals surface area contributed by atoms with Crippen molar-refractivity contribution in [2.75, 3.05) is 13.2 Å². The Hall–Kier alpha value is -1.81. The summed E-state index contributed by atoms with van der Waals surface area (Å²) < 4.78 is 5.05. The van der Waals surface area contributed by atoms with Crippen molar-refractivity contribution in [1.29, 1.82) is 0 Å². The van der Waals surface area contributed by atoms with Crippen molar-refractivity contribution < 1.29 is 14.3 Å². The van der Waals surface area contributed by atoms with E-state index in [2.05, 4.69) is 0 Å². The molecule has 0 aliphatic carbocycles. The Kier molecular flexibility index (Phi) is 6.66. The first-order chi connectivity index (χ1) is 11.1. The summed E-state index contributed by atoms with van der Waals surface area (Å²) in [5.74, 6) is -1.40. The average molecular weight is 336 g/mol. The van der Waals surface area contributed by atoms with E-state index < -0.39 is 17.3 Å². The Balaban J connectivity index is 2.16. The first-order valence-electron chi connectivity index (χ1n) is 7.93. The summed E-state index contributed by atoms with van der Waals surface area (Å²) in [6, 6.07) is 9.78. The number of ether oxygens (including phenoxy) is 1. The van der Waals surface area contributed by atoms with Crippen LogP contribution in [0.5, 0.6) is 0 Å². The Morgan fingerprint density at radius 2 is 2.09 bits per heavy atom. The van der Waals surface area contributed by atoms with Crippen molar-refractivity contribution in [2.24, 2.45) is 5.92 Å². The predicted molar refractivity (Wildman–Crippen MR) is 90.0 cm³/mol. The van der Waals surface area contributed by atoms with Crippen LogP contribution in [0.25, 0.3) is 0 Å². The lowest BCUT2D eigenvalue weighted by Crippen LogP contribution is -2.41. The second kappa shape index (κ2) is 8.73. The van der Waals surface area contributed by atoms with Gasteiger partial charge in [0.05, 0.1) is 6.61 Å². The monoisotopic (exact) mass is 335 g/mol. The minimum absolute atomic E-state index is 0.222. The highest BCUT2D eigenvalue weighted by atomic mass is 35.5. The van der Waals surface area contributed by atoms with E-state index in [0.717, 1.165) is 18.4 Å². The van der Waals surface area contributed by atoms with Crippen LogP contribution in [0.1, 0.15) is 25.3 Å². The number of allylic oxidation sites excluding steroid dienone is 1. The number of alkyl halides is 1. The largest absolute Gasteiger partial charge is 0.465 e. The number of hydrogen-bond donors (Lipinski definition) is 0. The molecule has 0 unspecified atom stereocenters. The molecule has 1 heterocycles. The topological polar surface area (TPSA) is 46.6 Å². The molecule has 4 nitrogen and oxygen atoms in total. The second-order valence-corrected chi connectivity index (χ2v) is 5.97. The number of nitrogens with zero attached hydrogens (tertiary/aromatic N) is 1. The first-order valence-corrected chi connectivity index (χ1v) is 8.37. The molecule has 0 fully saturated rings. The van der Waals surface area contributed by atoms with Crippen LogP contribution < -0.4 is 0 Å². The number of hydrogen-bond acceptors (Lipinski definition) is 3. The third kappa shape index (κ3) is 4.83. The summed E-state index contributed by atoms with van der Waals surface area (Å²) >= 11 is 6.33. The molecule has 1 aliphatic heterocycles. The number of rotatable bonds is 4. The van der Waals surface area contributed by atoms with Crippen LogP contribution in [0.15, 0.2) is 42.5 Å². The van der Waals surface area contributed by atoms with Gasteiger partial charge in [0.2, 0.25) is 5.91 Å². The fourth-order valence-corrected chi connectivity index (χ4v) is 2.90. The van der Waals surface area contributed by atoms with Gasteiger partial charge in [0, 0.05) is 13.1 Å². The maximum atomic E-state index is 12.7. The summed E-state index contributed by atoms with van der Waals surface area (Å²) in [4.78, 5) is 26.5. The van der Waals surface area contributed by atoms with Crippen LogP contribution in [-0.4, -0.2) is 35.3 Å². The van der Waals surface area contributed by atoms with Gasteiger partial charge >= 0.3 is 5.97 Å². The van der Waals surface area contributed by atoms with Gasteiger partial charge in [0.15, 0.2) is 0 Å². The van der Waals surface area contributed by atoms with E-state index in [0.29, 0.717) is 13.1 Å². The molecule has 2 atom stereocenters. The van der Waals surface area contributed by atoms with Gasteiger partial charge in [-0.25, -0.2) is 0 Å². The molecule has 0 bridgehead atoms. The van der Waals surface area contributed by atoms with Gasteiger partial charge in [-0.3, -0.25) is 9.59 Å². The van der Waals surface area contributed by atoms with Gasteiger partial charge in [-0.1, -0.05) is 42.5 Å². The molecule has 0 aromatic heterocycles. The Bertz CT molecular complexity index is 559. The highest BCUT2D eigenvalue weighted by molar-refractivity contribution is 6.32. The molecular weight excluding hydrogens is 314 g/mol. The van der Waals surface area contributed by atoms with Crippen molar-refractivity contribution in [3.8, 4) is 0 Å². The molecule has 1 aromatic rings. The molecule has 0 N–H and O–H groups in total. The van der Waals surface area contributed by atoms with E-state index >= 15 is 0 Å². The third-order valence-corrected chi connectivity index (χ3v) is 4.24. The lowest BCUT2D eigenvalue weighted by atomic mass is 10.0. The van der Waals surface area contributed by atoms with Crippen LogP contribution in [0.2, 0.25) is 0 Å². The molecule has 5 heteroatoms. The highest BCUT2D eigenvalue weighted by Crippen LogP contribution is 2.21. The molecule has 124 valence electrons. The number of carbonyl (C=O) groups is 2. The molecule has 2 rings (SSSR count). The summed E-state index contributed by atoms with van der Waals surface area (Å²) in [6.07, 6.45) is 5.27. The molecule has 1 amide bonds. The Morgan fingerprint density at radius 3 is 2.78 bits per heavy atom. The van der Waals surface area contributed by atoms with Crippen LogP contribution in [-0.2, 0) is 20.9 Å². The van der Waals surface area contributed by atoms with Gasteiger partial charge in [-0.2, -0.15) is 0 Å². The molecule has 0 saturated carbocycles. The first kappa shape index (κ1) is 17.5. The lowest BCUT2D eigenvalue weighted by molar-refractivity contribution is -0.149. The fraction of sp³-hybridized carbons (Fsp3) is 0.444. The predicted octanol–water partition coefficient (Wildman–Crippen LogP) is 3.15. The zero-order valence-electron chi connectivity index (χ0n) is 13.3.